The Labute approximate surface area is 107 Å². The lowest BCUT2D eigenvalue weighted by Crippen LogP contribution is -2.45. The summed E-state index contributed by atoms with van der Waals surface area (Å²) < 4.78 is 26.8. The Morgan fingerprint density at radius 3 is 2.78 bits per heavy atom. The van der Waals surface area contributed by atoms with E-state index in [0.717, 1.165) is 25.0 Å². The first-order chi connectivity index (χ1) is 8.42. The van der Waals surface area contributed by atoms with E-state index in [4.69, 9.17) is 0 Å². The van der Waals surface area contributed by atoms with Gasteiger partial charge in [0.05, 0.1) is 5.60 Å². The van der Waals surface area contributed by atoms with Crippen LogP contribution < -0.4 is 0 Å². The summed E-state index contributed by atoms with van der Waals surface area (Å²) in [5.41, 5.74) is -0.634. The molecule has 1 fully saturated rings. The second kappa shape index (κ2) is 4.96. The minimum atomic E-state index is -0.910. The van der Waals surface area contributed by atoms with E-state index in [0.29, 0.717) is 12.3 Å². The topological polar surface area (TPSA) is 20.2 Å². The van der Waals surface area contributed by atoms with Crippen LogP contribution in [0.3, 0.4) is 0 Å². The number of hydrogen-bond acceptors (Lipinski definition) is 1. The predicted octanol–water partition coefficient (Wildman–Crippen LogP) is 3.69. The van der Waals surface area contributed by atoms with Crippen molar-refractivity contribution in [3.05, 3.63) is 35.4 Å². The maximum atomic E-state index is 13.6. The van der Waals surface area contributed by atoms with Crippen molar-refractivity contribution in [1.29, 1.82) is 0 Å². The van der Waals surface area contributed by atoms with Crippen LogP contribution in [0.4, 0.5) is 8.78 Å². The summed E-state index contributed by atoms with van der Waals surface area (Å²) in [4.78, 5) is 0. The molecule has 3 unspecified atom stereocenters. The zero-order valence-corrected chi connectivity index (χ0v) is 10.9. The van der Waals surface area contributed by atoms with E-state index in [1.165, 1.54) is 6.07 Å². The summed E-state index contributed by atoms with van der Waals surface area (Å²) in [6.07, 6.45) is 2.89. The summed E-state index contributed by atoms with van der Waals surface area (Å²) in [7, 11) is 0. The van der Waals surface area contributed by atoms with E-state index in [1.807, 2.05) is 6.92 Å². The first kappa shape index (κ1) is 13.5. The molecule has 3 heteroatoms. The fourth-order valence-corrected chi connectivity index (χ4v) is 3.00. The molecule has 0 spiro atoms. The fourth-order valence-electron chi connectivity index (χ4n) is 3.00. The van der Waals surface area contributed by atoms with Crippen LogP contribution in [0.2, 0.25) is 0 Å². The maximum Gasteiger partial charge on any atom is 0.126 e. The van der Waals surface area contributed by atoms with Gasteiger partial charge in [-0.15, -0.1) is 0 Å². The predicted molar refractivity (Wildman–Crippen MR) is 67.2 cm³/mol. The molecule has 0 saturated heterocycles. The summed E-state index contributed by atoms with van der Waals surface area (Å²) in [5.74, 6) is -0.365. The molecule has 0 aromatic heterocycles. The SMILES string of the molecule is CC1CCCC(O)(Cc2cc(F)ccc2F)C1C. The minimum absolute atomic E-state index is 0.105. The summed E-state index contributed by atoms with van der Waals surface area (Å²) >= 11 is 0. The zero-order valence-electron chi connectivity index (χ0n) is 10.9. The molecule has 1 aliphatic rings. The van der Waals surface area contributed by atoms with Gasteiger partial charge >= 0.3 is 0 Å². The Morgan fingerprint density at radius 2 is 2.06 bits per heavy atom. The van der Waals surface area contributed by atoms with Crippen LogP contribution >= 0.6 is 0 Å². The highest BCUT2D eigenvalue weighted by Gasteiger charge is 2.40. The van der Waals surface area contributed by atoms with Gasteiger partial charge < -0.3 is 5.11 Å². The van der Waals surface area contributed by atoms with Crippen LogP contribution in [-0.2, 0) is 6.42 Å². The van der Waals surface area contributed by atoms with Crippen LogP contribution in [0, 0.1) is 23.5 Å². The third-order valence-electron chi connectivity index (χ3n) is 4.47. The standard InChI is InChI=1S/C15H20F2O/c1-10-4-3-7-15(18,11(10)2)9-12-8-13(16)5-6-14(12)17/h5-6,8,10-11,18H,3-4,7,9H2,1-2H3. The fraction of sp³-hybridized carbons (Fsp3) is 0.600. The second-order valence-corrected chi connectivity index (χ2v) is 5.67. The average Bonchev–Trinajstić information content (AvgIpc) is 2.31. The van der Waals surface area contributed by atoms with E-state index in [1.54, 1.807) is 0 Å². The van der Waals surface area contributed by atoms with Crippen LogP contribution in [0.15, 0.2) is 18.2 Å². The van der Waals surface area contributed by atoms with Gasteiger partial charge in [-0.05, 0) is 42.0 Å². The van der Waals surface area contributed by atoms with Gasteiger partial charge in [0, 0.05) is 6.42 Å². The van der Waals surface area contributed by atoms with Gasteiger partial charge in [0.1, 0.15) is 11.6 Å². The summed E-state index contributed by atoms with van der Waals surface area (Å²) in [6.45, 7) is 4.11. The van der Waals surface area contributed by atoms with E-state index in [-0.39, 0.29) is 17.9 Å². The Kier molecular flexibility index (Phi) is 3.71. The summed E-state index contributed by atoms with van der Waals surface area (Å²) in [6, 6.07) is 3.43. The van der Waals surface area contributed by atoms with Gasteiger partial charge in [0.25, 0.3) is 0 Å². The monoisotopic (exact) mass is 254 g/mol. The Balaban J connectivity index is 2.23. The van der Waals surface area contributed by atoms with Crippen molar-refractivity contribution in [1.82, 2.24) is 0 Å². The number of aliphatic hydroxyl groups is 1. The molecule has 2 rings (SSSR count). The van der Waals surface area contributed by atoms with Crippen LogP contribution in [-0.4, -0.2) is 10.7 Å². The van der Waals surface area contributed by atoms with Gasteiger partial charge in [0.15, 0.2) is 0 Å². The highest BCUT2D eigenvalue weighted by Crippen LogP contribution is 2.40. The maximum absolute atomic E-state index is 13.6. The first-order valence-electron chi connectivity index (χ1n) is 6.59. The molecule has 1 saturated carbocycles. The first-order valence-corrected chi connectivity index (χ1v) is 6.59. The molecule has 18 heavy (non-hydrogen) atoms. The molecule has 1 nitrogen and oxygen atoms in total. The van der Waals surface area contributed by atoms with Gasteiger partial charge in [-0.3, -0.25) is 0 Å². The Morgan fingerprint density at radius 1 is 1.33 bits per heavy atom. The van der Waals surface area contributed by atoms with Crippen LogP contribution in [0.1, 0.15) is 38.7 Å². The number of benzene rings is 1. The lowest BCUT2D eigenvalue weighted by Gasteiger charge is -2.42. The van der Waals surface area contributed by atoms with Gasteiger partial charge in [-0.2, -0.15) is 0 Å². The highest BCUT2D eigenvalue weighted by molar-refractivity contribution is 5.21. The number of hydrogen-bond donors (Lipinski definition) is 1. The van der Waals surface area contributed by atoms with Crippen molar-refractivity contribution in [2.45, 2.75) is 45.1 Å². The molecular formula is C15H20F2O. The molecule has 0 heterocycles. The number of halogens is 2. The normalized spacial score (nSPS) is 32.5. The Hall–Kier alpha value is -0.960. The molecule has 1 N–H and O–H groups in total. The molecule has 1 aliphatic carbocycles. The van der Waals surface area contributed by atoms with Crippen molar-refractivity contribution < 1.29 is 13.9 Å². The van der Waals surface area contributed by atoms with E-state index < -0.39 is 17.2 Å². The highest BCUT2D eigenvalue weighted by atomic mass is 19.1. The van der Waals surface area contributed by atoms with E-state index in [2.05, 4.69) is 6.92 Å². The molecule has 0 radical (unpaired) electrons. The third-order valence-corrected chi connectivity index (χ3v) is 4.47. The largest absolute Gasteiger partial charge is 0.389 e. The van der Waals surface area contributed by atoms with Crippen molar-refractivity contribution in [3.8, 4) is 0 Å². The smallest absolute Gasteiger partial charge is 0.126 e. The van der Waals surface area contributed by atoms with E-state index >= 15 is 0 Å². The molecule has 0 bridgehead atoms. The van der Waals surface area contributed by atoms with Gasteiger partial charge in [0.2, 0.25) is 0 Å². The van der Waals surface area contributed by atoms with Crippen LogP contribution in [0.5, 0.6) is 0 Å². The molecule has 3 atom stereocenters. The molecular weight excluding hydrogens is 234 g/mol. The molecule has 100 valence electrons. The quantitative estimate of drug-likeness (QED) is 0.853. The lowest BCUT2D eigenvalue weighted by atomic mass is 9.68. The average molecular weight is 254 g/mol. The Bertz CT molecular complexity index is 433. The van der Waals surface area contributed by atoms with Crippen molar-refractivity contribution in [2.75, 3.05) is 0 Å². The molecule has 1 aromatic carbocycles. The van der Waals surface area contributed by atoms with E-state index in [9.17, 15) is 13.9 Å². The van der Waals surface area contributed by atoms with Crippen molar-refractivity contribution in [2.24, 2.45) is 11.8 Å². The van der Waals surface area contributed by atoms with Crippen molar-refractivity contribution >= 4 is 0 Å². The van der Waals surface area contributed by atoms with Gasteiger partial charge in [-0.25, -0.2) is 8.78 Å². The lowest BCUT2D eigenvalue weighted by molar-refractivity contribution is -0.0626. The second-order valence-electron chi connectivity index (χ2n) is 5.67. The van der Waals surface area contributed by atoms with Gasteiger partial charge in [-0.1, -0.05) is 26.7 Å². The number of rotatable bonds is 2. The molecule has 0 aliphatic heterocycles. The minimum Gasteiger partial charge on any atom is -0.389 e. The van der Waals surface area contributed by atoms with Crippen molar-refractivity contribution in [3.63, 3.8) is 0 Å². The van der Waals surface area contributed by atoms with Crippen LogP contribution in [0.25, 0.3) is 0 Å². The summed E-state index contributed by atoms with van der Waals surface area (Å²) in [5, 5.41) is 10.7. The molecule has 1 aromatic rings. The third kappa shape index (κ3) is 2.56. The molecule has 0 amide bonds. The zero-order chi connectivity index (χ0) is 13.3.